The van der Waals surface area contributed by atoms with E-state index >= 15 is 0 Å². The number of ether oxygens (including phenoxy) is 2. The molecule has 0 N–H and O–H groups in total. The van der Waals surface area contributed by atoms with Crippen molar-refractivity contribution in [2.45, 2.75) is 44.6 Å². The standard InChI is InChI=1S/C22H22N4O2S3/c1-4-7-26-20(17-11-29-14(3)13(17)2)24-25-22(26)31-10-16-9-30-21(23-16)15-5-6-18-19(8-15)28-12-27-18/h5-6,8-9,11H,4,7,10,12H2,1-3H3. The molecule has 1 aliphatic rings. The number of thioether (sulfide) groups is 1. The molecule has 4 heterocycles. The summed E-state index contributed by atoms with van der Waals surface area (Å²) in [4.78, 5) is 6.15. The van der Waals surface area contributed by atoms with Crippen LogP contribution >= 0.6 is 34.4 Å². The third kappa shape index (κ3) is 3.97. The topological polar surface area (TPSA) is 62.1 Å². The zero-order chi connectivity index (χ0) is 21.4. The molecule has 0 aliphatic carbocycles. The van der Waals surface area contributed by atoms with Gasteiger partial charge in [0.1, 0.15) is 5.01 Å². The lowest BCUT2D eigenvalue weighted by molar-refractivity contribution is 0.174. The van der Waals surface area contributed by atoms with Gasteiger partial charge in [-0.15, -0.1) is 32.9 Å². The molecule has 160 valence electrons. The van der Waals surface area contributed by atoms with Gasteiger partial charge in [-0.05, 0) is 44.0 Å². The number of nitrogens with zero attached hydrogens (tertiary/aromatic N) is 4. The zero-order valence-corrected chi connectivity index (χ0v) is 20.0. The molecule has 3 aromatic heterocycles. The second kappa shape index (κ2) is 8.64. The Hall–Kier alpha value is -2.36. The molecule has 31 heavy (non-hydrogen) atoms. The number of benzene rings is 1. The Labute approximate surface area is 193 Å². The van der Waals surface area contributed by atoms with E-state index in [0.717, 1.165) is 57.5 Å². The largest absolute Gasteiger partial charge is 0.454 e. The molecule has 0 spiro atoms. The van der Waals surface area contributed by atoms with Crippen molar-refractivity contribution in [1.29, 1.82) is 0 Å². The number of thiazole rings is 1. The lowest BCUT2D eigenvalue weighted by atomic mass is 10.1. The minimum atomic E-state index is 0.281. The highest BCUT2D eigenvalue weighted by Crippen LogP contribution is 2.37. The Morgan fingerprint density at radius 2 is 1.97 bits per heavy atom. The van der Waals surface area contributed by atoms with Crippen molar-refractivity contribution in [3.05, 3.63) is 45.1 Å². The van der Waals surface area contributed by atoms with Gasteiger partial charge in [-0.2, -0.15) is 0 Å². The number of thiophene rings is 1. The molecule has 4 aromatic rings. The Morgan fingerprint density at radius 1 is 1.10 bits per heavy atom. The van der Waals surface area contributed by atoms with E-state index in [1.165, 1.54) is 16.0 Å². The number of aromatic nitrogens is 4. The summed E-state index contributed by atoms with van der Waals surface area (Å²) in [6, 6.07) is 5.96. The number of fused-ring (bicyclic) bond motifs is 1. The van der Waals surface area contributed by atoms with Crippen LogP contribution in [-0.4, -0.2) is 26.5 Å². The van der Waals surface area contributed by atoms with Crippen molar-refractivity contribution in [1.82, 2.24) is 19.7 Å². The number of hydrogen-bond acceptors (Lipinski definition) is 8. The molecule has 0 saturated carbocycles. The number of rotatable bonds is 7. The van der Waals surface area contributed by atoms with Gasteiger partial charge in [0.2, 0.25) is 6.79 Å². The van der Waals surface area contributed by atoms with Crippen molar-refractivity contribution in [3.8, 4) is 33.5 Å². The predicted octanol–water partition coefficient (Wildman–Crippen LogP) is 6.18. The average Bonchev–Trinajstić information content (AvgIpc) is 3.55. The molecule has 6 nitrogen and oxygen atoms in total. The van der Waals surface area contributed by atoms with Crippen LogP contribution in [-0.2, 0) is 12.3 Å². The van der Waals surface area contributed by atoms with E-state index in [-0.39, 0.29) is 6.79 Å². The van der Waals surface area contributed by atoms with Crippen molar-refractivity contribution < 1.29 is 9.47 Å². The number of hydrogen-bond donors (Lipinski definition) is 0. The Bertz CT molecular complexity index is 1230. The molecule has 0 saturated heterocycles. The predicted molar refractivity (Wildman–Crippen MR) is 126 cm³/mol. The van der Waals surface area contributed by atoms with Gasteiger partial charge in [-0.3, -0.25) is 0 Å². The molecule has 0 amide bonds. The van der Waals surface area contributed by atoms with Gasteiger partial charge in [0, 0.05) is 39.1 Å². The summed E-state index contributed by atoms with van der Waals surface area (Å²) >= 11 is 5.10. The van der Waals surface area contributed by atoms with Gasteiger partial charge in [0.15, 0.2) is 22.5 Å². The minimum Gasteiger partial charge on any atom is -0.454 e. The third-order valence-corrected chi connectivity index (χ3v) is 8.16. The molecule has 1 aliphatic heterocycles. The fourth-order valence-electron chi connectivity index (χ4n) is 3.43. The third-order valence-electron chi connectivity index (χ3n) is 5.21. The molecule has 0 fully saturated rings. The molecule has 0 atom stereocenters. The summed E-state index contributed by atoms with van der Waals surface area (Å²) in [5.74, 6) is 3.29. The van der Waals surface area contributed by atoms with E-state index in [2.05, 4.69) is 46.3 Å². The first-order chi connectivity index (χ1) is 15.1. The summed E-state index contributed by atoms with van der Waals surface area (Å²) in [6.07, 6.45) is 1.03. The van der Waals surface area contributed by atoms with Gasteiger partial charge in [-0.1, -0.05) is 18.7 Å². The first kappa shape index (κ1) is 20.5. The van der Waals surface area contributed by atoms with Crippen LogP contribution in [0.15, 0.2) is 34.1 Å². The normalized spacial score (nSPS) is 12.6. The molecule has 0 unspecified atom stereocenters. The van der Waals surface area contributed by atoms with Crippen LogP contribution in [0.2, 0.25) is 0 Å². The van der Waals surface area contributed by atoms with Crippen LogP contribution < -0.4 is 9.47 Å². The van der Waals surface area contributed by atoms with E-state index in [1.807, 2.05) is 18.2 Å². The molecule has 9 heteroatoms. The van der Waals surface area contributed by atoms with Crippen LogP contribution in [0.3, 0.4) is 0 Å². The first-order valence-corrected chi connectivity index (χ1v) is 12.8. The average molecular weight is 471 g/mol. The fraction of sp³-hybridized carbons (Fsp3) is 0.318. The molecular weight excluding hydrogens is 448 g/mol. The van der Waals surface area contributed by atoms with E-state index in [4.69, 9.17) is 14.5 Å². The summed E-state index contributed by atoms with van der Waals surface area (Å²) in [6.45, 7) is 7.68. The zero-order valence-electron chi connectivity index (χ0n) is 17.5. The van der Waals surface area contributed by atoms with Crippen LogP contribution in [0, 0.1) is 13.8 Å². The van der Waals surface area contributed by atoms with Gasteiger partial charge in [0.25, 0.3) is 0 Å². The van der Waals surface area contributed by atoms with Crippen molar-refractivity contribution >= 4 is 34.4 Å². The molecule has 5 rings (SSSR count). The van der Waals surface area contributed by atoms with Crippen LogP contribution in [0.1, 0.15) is 29.5 Å². The van der Waals surface area contributed by atoms with Crippen LogP contribution in [0.25, 0.3) is 22.0 Å². The Balaban J connectivity index is 1.34. The van der Waals surface area contributed by atoms with Crippen molar-refractivity contribution in [2.75, 3.05) is 6.79 Å². The molecular formula is C22H22N4O2S3. The number of aryl methyl sites for hydroxylation is 1. The monoisotopic (exact) mass is 470 g/mol. The first-order valence-electron chi connectivity index (χ1n) is 10.1. The lowest BCUT2D eigenvalue weighted by Gasteiger charge is -2.08. The van der Waals surface area contributed by atoms with Gasteiger partial charge in [0.05, 0.1) is 5.69 Å². The van der Waals surface area contributed by atoms with Crippen molar-refractivity contribution in [3.63, 3.8) is 0 Å². The maximum atomic E-state index is 5.49. The fourth-order valence-corrected chi connectivity index (χ4v) is 6.07. The van der Waals surface area contributed by atoms with Crippen LogP contribution in [0.4, 0.5) is 0 Å². The highest BCUT2D eigenvalue weighted by molar-refractivity contribution is 7.98. The van der Waals surface area contributed by atoms with E-state index in [9.17, 15) is 0 Å². The maximum absolute atomic E-state index is 5.49. The Morgan fingerprint density at radius 3 is 2.77 bits per heavy atom. The van der Waals surface area contributed by atoms with Gasteiger partial charge >= 0.3 is 0 Å². The van der Waals surface area contributed by atoms with E-state index in [1.54, 1.807) is 34.4 Å². The molecule has 1 aromatic carbocycles. The van der Waals surface area contributed by atoms with E-state index < -0.39 is 0 Å². The lowest BCUT2D eigenvalue weighted by Crippen LogP contribution is -2.02. The summed E-state index contributed by atoms with van der Waals surface area (Å²) < 4.78 is 13.1. The van der Waals surface area contributed by atoms with E-state index in [0.29, 0.717) is 0 Å². The molecule has 0 bridgehead atoms. The molecule has 0 radical (unpaired) electrons. The van der Waals surface area contributed by atoms with Gasteiger partial charge in [-0.25, -0.2) is 4.98 Å². The second-order valence-corrected chi connectivity index (χ2v) is 10.2. The SMILES string of the molecule is CCCn1c(SCc2csc(-c3ccc4c(c3)OCO4)n2)nnc1-c1csc(C)c1C. The second-order valence-electron chi connectivity index (χ2n) is 7.29. The maximum Gasteiger partial charge on any atom is 0.231 e. The summed E-state index contributed by atoms with van der Waals surface area (Å²) in [5.41, 5.74) is 4.57. The summed E-state index contributed by atoms with van der Waals surface area (Å²) in [5, 5.41) is 15.3. The summed E-state index contributed by atoms with van der Waals surface area (Å²) in [7, 11) is 0. The van der Waals surface area contributed by atoms with Crippen LogP contribution in [0.5, 0.6) is 11.5 Å². The highest BCUT2D eigenvalue weighted by Gasteiger charge is 2.19. The minimum absolute atomic E-state index is 0.281. The Kier molecular flexibility index (Phi) is 5.73. The van der Waals surface area contributed by atoms with Crippen molar-refractivity contribution in [2.24, 2.45) is 0 Å². The highest BCUT2D eigenvalue weighted by atomic mass is 32.2. The van der Waals surface area contributed by atoms with Gasteiger partial charge < -0.3 is 14.0 Å². The smallest absolute Gasteiger partial charge is 0.231 e. The quantitative estimate of drug-likeness (QED) is 0.301.